The van der Waals surface area contributed by atoms with Crippen LogP contribution in [-0.2, 0) is 7.05 Å². The lowest BCUT2D eigenvalue weighted by Crippen LogP contribution is -2.02. The Labute approximate surface area is 92.5 Å². The van der Waals surface area contributed by atoms with E-state index in [-0.39, 0.29) is 0 Å². The van der Waals surface area contributed by atoms with E-state index in [2.05, 4.69) is 26.1 Å². The molecule has 0 aromatic carbocycles. The fourth-order valence-corrected chi connectivity index (χ4v) is 1.86. The van der Waals surface area contributed by atoms with Gasteiger partial charge in [0.15, 0.2) is 5.82 Å². The molecule has 80 valence electrons. The Bertz CT molecular complexity index is 433. The van der Waals surface area contributed by atoms with Gasteiger partial charge in [-0.05, 0) is 12.5 Å². The lowest BCUT2D eigenvalue weighted by molar-refractivity contribution is 0.774. The molecular formula is C9H13N5S. The molecule has 0 radical (unpaired) electrons. The summed E-state index contributed by atoms with van der Waals surface area (Å²) in [5.74, 6) is 0.852. The van der Waals surface area contributed by atoms with E-state index >= 15 is 0 Å². The van der Waals surface area contributed by atoms with Gasteiger partial charge in [0, 0.05) is 19.8 Å². The Morgan fingerprint density at radius 2 is 2.33 bits per heavy atom. The van der Waals surface area contributed by atoms with E-state index in [1.807, 2.05) is 13.1 Å². The van der Waals surface area contributed by atoms with Gasteiger partial charge in [-0.3, -0.25) is 4.68 Å². The Kier molecular flexibility index (Phi) is 2.96. The van der Waals surface area contributed by atoms with Crippen molar-refractivity contribution in [3.63, 3.8) is 0 Å². The molecule has 0 saturated heterocycles. The molecule has 2 heterocycles. The molecule has 0 fully saturated rings. The van der Waals surface area contributed by atoms with E-state index in [9.17, 15) is 0 Å². The average Bonchev–Trinajstić information content (AvgIpc) is 2.82. The molecule has 2 rings (SSSR count). The van der Waals surface area contributed by atoms with Crippen LogP contribution in [-0.4, -0.2) is 25.1 Å². The highest BCUT2D eigenvalue weighted by atomic mass is 32.1. The molecule has 0 bridgehead atoms. The van der Waals surface area contributed by atoms with Gasteiger partial charge in [0.1, 0.15) is 5.69 Å². The zero-order valence-corrected chi connectivity index (χ0v) is 9.58. The van der Waals surface area contributed by atoms with E-state index in [4.69, 9.17) is 0 Å². The van der Waals surface area contributed by atoms with Crippen LogP contribution in [0.4, 0.5) is 5.82 Å². The molecule has 0 spiro atoms. The van der Waals surface area contributed by atoms with Crippen LogP contribution in [0.1, 0.15) is 13.3 Å². The summed E-state index contributed by atoms with van der Waals surface area (Å²) in [6.07, 6.45) is 2.83. The van der Waals surface area contributed by atoms with Gasteiger partial charge in [0.05, 0.1) is 17.4 Å². The zero-order valence-electron chi connectivity index (χ0n) is 8.77. The first-order chi connectivity index (χ1) is 7.33. The molecule has 0 aliphatic heterocycles. The lowest BCUT2D eigenvalue weighted by Gasteiger charge is -2.03. The van der Waals surface area contributed by atoms with E-state index in [1.165, 1.54) is 11.7 Å². The molecule has 0 aliphatic rings. The number of hydrogen-bond donors (Lipinski definition) is 1. The van der Waals surface area contributed by atoms with Gasteiger partial charge in [0.2, 0.25) is 0 Å². The van der Waals surface area contributed by atoms with Crippen LogP contribution in [0.2, 0.25) is 0 Å². The summed E-state index contributed by atoms with van der Waals surface area (Å²) in [7, 11) is 1.90. The highest BCUT2D eigenvalue weighted by Gasteiger charge is 2.12. The van der Waals surface area contributed by atoms with Crippen LogP contribution in [0.15, 0.2) is 12.3 Å². The summed E-state index contributed by atoms with van der Waals surface area (Å²) >= 11 is 1.22. The van der Waals surface area contributed by atoms with Gasteiger partial charge >= 0.3 is 0 Å². The van der Waals surface area contributed by atoms with Gasteiger partial charge in [-0.2, -0.15) is 13.8 Å². The molecule has 0 atom stereocenters. The SMILES string of the molecule is CCCNc1nsnc1-c1ccnn1C. The lowest BCUT2D eigenvalue weighted by atomic mass is 10.3. The predicted molar refractivity (Wildman–Crippen MR) is 60.9 cm³/mol. The highest BCUT2D eigenvalue weighted by Crippen LogP contribution is 2.24. The second-order valence-corrected chi connectivity index (χ2v) is 3.76. The van der Waals surface area contributed by atoms with Crippen molar-refractivity contribution in [2.75, 3.05) is 11.9 Å². The third kappa shape index (κ3) is 1.99. The first kappa shape index (κ1) is 10.1. The van der Waals surface area contributed by atoms with Crippen LogP contribution in [0.25, 0.3) is 11.4 Å². The summed E-state index contributed by atoms with van der Waals surface area (Å²) in [5.41, 5.74) is 1.87. The van der Waals surface area contributed by atoms with Gasteiger partial charge in [-0.15, -0.1) is 0 Å². The fraction of sp³-hybridized carbons (Fsp3) is 0.444. The topological polar surface area (TPSA) is 55.6 Å². The molecule has 2 aromatic heterocycles. The van der Waals surface area contributed by atoms with Crippen molar-refractivity contribution < 1.29 is 0 Å². The highest BCUT2D eigenvalue weighted by molar-refractivity contribution is 6.99. The van der Waals surface area contributed by atoms with Gasteiger partial charge < -0.3 is 5.32 Å². The average molecular weight is 223 g/mol. The minimum Gasteiger partial charge on any atom is -0.367 e. The molecule has 0 saturated carbocycles. The molecule has 2 aromatic rings. The monoisotopic (exact) mass is 223 g/mol. The zero-order chi connectivity index (χ0) is 10.7. The molecule has 1 N–H and O–H groups in total. The molecular weight excluding hydrogens is 210 g/mol. The Balaban J connectivity index is 2.29. The third-order valence-electron chi connectivity index (χ3n) is 2.09. The summed E-state index contributed by atoms with van der Waals surface area (Å²) < 4.78 is 10.3. The standard InChI is InChI=1S/C9H13N5S/c1-3-5-10-9-8(12-15-13-9)7-4-6-11-14(7)2/h4,6H,3,5H2,1-2H3,(H,10,13). The van der Waals surface area contributed by atoms with Gasteiger partial charge in [-0.1, -0.05) is 6.92 Å². The second-order valence-electron chi connectivity index (χ2n) is 3.23. The van der Waals surface area contributed by atoms with Crippen molar-refractivity contribution in [1.82, 2.24) is 18.5 Å². The van der Waals surface area contributed by atoms with Gasteiger partial charge in [-0.25, -0.2) is 0 Å². The molecule has 5 nitrogen and oxygen atoms in total. The molecule has 0 unspecified atom stereocenters. The molecule has 0 aliphatic carbocycles. The third-order valence-corrected chi connectivity index (χ3v) is 2.62. The Hall–Kier alpha value is -1.43. The van der Waals surface area contributed by atoms with Crippen LogP contribution in [0.3, 0.4) is 0 Å². The molecule has 15 heavy (non-hydrogen) atoms. The maximum absolute atomic E-state index is 4.28. The minimum atomic E-state index is 0.852. The number of nitrogens with one attached hydrogen (secondary N) is 1. The number of hydrogen-bond acceptors (Lipinski definition) is 5. The largest absolute Gasteiger partial charge is 0.367 e. The Morgan fingerprint density at radius 3 is 3.00 bits per heavy atom. The first-order valence-electron chi connectivity index (χ1n) is 4.87. The van der Waals surface area contributed by atoms with Crippen LogP contribution >= 0.6 is 11.7 Å². The fourth-order valence-electron chi connectivity index (χ4n) is 1.32. The Morgan fingerprint density at radius 1 is 1.47 bits per heavy atom. The number of rotatable bonds is 4. The summed E-state index contributed by atoms with van der Waals surface area (Å²) in [4.78, 5) is 0. The maximum atomic E-state index is 4.28. The van der Waals surface area contributed by atoms with Crippen molar-refractivity contribution in [2.24, 2.45) is 7.05 Å². The number of aromatic nitrogens is 4. The van der Waals surface area contributed by atoms with Gasteiger partial charge in [0.25, 0.3) is 0 Å². The number of anilines is 1. The van der Waals surface area contributed by atoms with E-state index in [0.717, 1.165) is 30.2 Å². The number of aryl methyl sites for hydroxylation is 1. The summed E-state index contributed by atoms with van der Waals surface area (Å²) in [6.45, 7) is 3.03. The normalized spacial score (nSPS) is 10.5. The smallest absolute Gasteiger partial charge is 0.169 e. The predicted octanol–water partition coefficient (Wildman–Crippen LogP) is 1.76. The van der Waals surface area contributed by atoms with E-state index in [1.54, 1.807) is 10.9 Å². The van der Waals surface area contributed by atoms with E-state index < -0.39 is 0 Å². The quantitative estimate of drug-likeness (QED) is 0.858. The summed E-state index contributed by atoms with van der Waals surface area (Å²) in [5, 5.41) is 7.37. The number of nitrogens with zero attached hydrogens (tertiary/aromatic N) is 4. The van der Waals surface area contributed by atoms with E-state index in [0.29, 0.717) is 0 Å². The van der Waals surface area contributed by atoms with Crippen LogP contribution in [0, 0.1) is 0 Å². The van der Waals surface area contributed by atoms with Crippen LogP contribution < -0.4 is 5.32 Å². The van der Waals surface area contributed by atoms with Crippen molar-refractivity contribution in [3.05, 3.63) is 12.3 Å². The van der Waals surface area contributed by atoms with Crippen molar-refractivity contribution in [3.8, 4) is 11.4 Å². The van der Waals surface area contributed by atoms with Crippen molar-refractivity contribution in [1.29, 1.82) is 0 Å². The van der Waals surface area contributed by atoms with Crippen molar-refractivity contribution in [2.45, 2.75) is 13.3 Å². The molecule has 6 heteroatoms. The second kappa shape index (κ2) is 4.39. The molecule has 0 amide bonds. The minimum absolute atomic E-state index is 0.852. The maximum Gasteiger partial charge on any atom is 0.169 e. The first-order valence-corrected chi connectivity index (χ1v) is 5.60. The van der Waals surface area contributed by atoms with Crippen LogP contribution in [0.5, 0.6) is 0 Å². The summed E-state index contributed by atoms with van der Waals surface area (Å²) in [6, 6.07) is 1.94. The van der Waals surface area contributed by atoms with Crippen molar-refractivity contribution >= 4 is 17.5 Å².